The van der Waals surface area contributed by atoms with E-state index in [0.29, 0.717) is 17.3 Å². The molecule has 0 heterocycles. The predicted molar refractivity (Wildman–Crippen MR) is 112 cm³/mol. The number of methoxy groups -OCH3 is 1. The summed E-state index contributed by atoms with van der Waals surface area (Å²) in [4.78, 5) is 12.9. The van der Waals surface area contributed by atoms with Gasteiger partial charge in [0.1, 0.15) is 11.8 Å². The lowest BCUT2D eigenvalue weighted by Crippen LogP contribution is -2.49. The fraction of sp³-hybridized carbons (Fsp3) is 0.350. The van der Waals surface area contributed by atoms with E-state index in [1.165, 1.54) is 13.2 Å². The largest absolute Gasteiger partial charge is 0.495 e. The summed E-state index contributed by atoms with van der Waals surface area (Å²) in [7, 11) is -2.34. The lowest BCUT2D eigenvalue weighted by atomic mass is 10.1. The number of hydrogen-bond acceptors (Lipinski definition) is 4. The second-order valence-corrected chi connectivity index (χ2v) is 8.80. The first kappa shape index (κ1) is 22.0. The van der Waals surface area contributed by atoms with Gasteiger partial charge in [0.2, 0.25) is 15.9 Å². The molecule has 0 unspecified atom stereocenters. The van der Waals surface area contributed by atoms with Crippen molar-refractivity contribution in [3.05, 3.63) is 58.6 Å². The van der Waals surface area contributed by atoms with Crippen molar-refractivity contribution >= 4 is 33.2 Å². The zero-order valence-corrected chi connectivity index (χ0v) is 18.0. The Morgan fingerprint density at radius 3 is 2.39 bits per heavy atom. The van der Waals surface area contributed by atoms with Crippen LogP contribution in [0.25, 0.3) is 0 Å². The molecule has 0 saturated heterocycles. The lowest BCUT2D eigenvalue weighted by molar-refractivity contribution is -0.122. The van der Waals surface area contributed by atoms with Gasteiger partial charge in [0, 0.05) is 11.6 Å². The fourth-order valence-corrected chi connectivity index (χ4v) is 4.26. The maximum absolute atomic E-state index is 12.9. The Balaban J connectivity index is 2.34. The maximum Gasteiger partial charge on any atom is 0.244 e. The van der Waals surface area contributed by atoms with Crippen LogP contribution in [-0.2, 0) is 21.4 Å². The molecule has 0 aliphatic carbocycles. The number of sulfonamides is 1. The molecule has 0 aromatic heterocycles. The van der Waals surface area contributed by atoms with Gasteiger partial charge in [0.05, 0.1) is 19.1 Å². The molecule has 1 N–H and O–H groups in total. The number of hydrogen-bond donors (Lipinski definition) is 1. The minimum Gasteiger partial charge on any atom is -0.495 e. The molecule has 0 bridgehead atoms. The standard InChI is InChI=1S/C20H25ClN2O4S/c1-5-17(20(24)22-13-15-8-6-14(2)7-9-15)23(28(4,25)26)18-12-16(21)10-11-19(18)27-3/h6-12,17H,5,13H2,1-4H3,(H,22,24)/t17-/m1/s1. The molecule has 152 valence electrons. The van der Waals surface area contributed by atoms with Crippen LogP contribution in [0, 0.1) is 6.92 Å². The van der Waals surface area contributed by atoms with Crippen molar-refractivity contribution in [3.8, 4) is 5.75 Å². The maximum atomic E-state index is 12.9. The third-order valence-electron chi connectivity index (χ3n) is 4.30. The normalized spacial score (nSPS) is 12.3. The number of anilines is 1. The van der Waals surface area contributed by atoms with Crippen LogP contribution in [0.5, 0.6) is 5.75 Å². The Kier molecular flexibility index (Phi) is 7.32. The van der Waals surface area contributed by atoms with Gasteiger partial charge in [-0.05, 0) is 37.1 Å². The van der Waals surface area contributed by atoms with Crippen LogP contribution in [0.1, 0.15) is 24.5 Å². The van der Waals surface area contributed by atoms with Crippen molar-refractivity contribution in [2.75, 3.05) is 17.7 Å². The van der Waals surface area contributed by atoms with E-state index in [2.05, 4.69) is 5.32 Å². The van der Waals surface area contributed by atoms with E-state index >= 15 is 0 Å². The summed E-state index contributed by atoms with van der Waals surface area (Å²) in [5.41, 5.74) is 2.28. The lowest BCUT2D eigenvalue weighted by Gasteiger charge is -2.31. The zero-order valence-electron chi connectivity index (χ0n) is 16.4. The molecule has 2 aromatic rings. The van der Waals surface area contributed by atoms with E-state index in [0.717, 1.165) is 21.7 Å². The van der Waals surface area contributed by atoms with Gasteiger partial charge in [0.15, 0.2) is 0 Å². The van der Waals surface area contributed by atoms with E-state index in [9.17, 15) is 13.2 Å². The van der Waals surface area contributed by atoms with Crippen molar-refractivity contribution in [2.24, 2.45) is 0 Å². The van der Waals surface area contributed by atoms with E-state index < -0.39 is 22.0 Å². The molecule has 0 fully saturated rings. The number of halogens is 1. The molecule has 1 atom stereocenters. The SMILES string of the molecule is CC[C@H](C(=O)NCc1ccc(C)cc1)N(c1cc(Cl)ccc1OC)S(C)(=O)=O. The van der Waals surface area contributed by atoms with Crippen LogP contribution in [0.3, 0.4) is 0 Å². The third-order valence-corrected chi connectivity index (χ3v) is 5.70. The van der Waals surface area contributed by atoms with Gasteiger partial charge in [-0.1, -0.05) is 48.4 Å². The van der Waals surface area contributed by atoms with Crippen LogP contribution in [0.2, 0.25) is 5.02 Å². The molecule has 0 spiro atoms. The van der Waals surface area contributed by atoms with E-state index in [4.69, 9.17) is 16.3 Å². The van der Waals surface area contributed by atoms with E-state index in [1.54, 1.807) is 19.1 Å². The molecule has 0 aliphatic rings. The highest BCUT2D eigenvalue weighted by molar-refractivity contribution is 7.92. The summed E-state index contributed by atoms with van der Waals surface area (Å²) >= 11 is 6.07. The van der Waals surface area contributed by atoms with Gasteiger partial charge >= 0.3 is 0 Å². The summed E-state index contributed by atoms with van der Waals surface area (Å²) < 4.78 is 31.5. The molecule has 2 rings (SSSR count). The van der Waals surface area contributed by atoms with Gasteiger partial charge in [-0.15, -0.1) is 0 Å². The molecule has 1 amide bonds. The van der Waals surface area contributed by atoms with Crippen LogP contribution in [0.4, 0.5) is 5.69 Å². The number of nitrogens with zero attached hydrogens (tertiary/aromatic N) is 1. The number of ether oxygens (including phenoxy) is 1. The molecule has 28 heavy (non-hydrogen) atoms. The molecular weight excluding hydrogens is 400 g/mol. The topological polar surface area (TPSA) is 75.7 Å². The second-order valence-electron chi connectivity index (χ2n) is 6.50. The number of carbonyl (C=O) groups excluding carboxylic acids is 1. The predicted octanol–water partition coefficient (Wildman–Crippen LogP) is 3.52. The fourth-order valence-electron chi connectivity index (χ4n) is 2.88. The molecule has 0 radical (unpaired) electrons. The highest BCUT2D eigenvalue weighted by atomic mass is 35.5. The van der Waals surface area contributed by atoms with Gasteiger partial charge in [0.25, 0.3) is 0 Å². The monoisotopic (exact) mass is 424 g/mol. The van der Waals surface area contributed by atoms with Gasteiger partial charge in [-0.25, -0.2) is 8.42 Å². The Bertz CT molecular complexity index is 930. The minimum absolute atomic E-state index is 0.231. The quantitative estimate of drug-likeness (QED) is 0.703. The first-order valence-corrected chi connectivity index (χ1v) is 11.1. The average Bonchev–Trinajstić information content (AvgIpc) is 2.64. The van der Waals surface area contributed by atoms with Crippen LogP contribution in [0.15, 0.2) is 42.5 Å². The minimum atomic E-state index is -3.78. The number of nitrogens with one attached hydrogen (secondary N) is 1. The number of carbonyl (C=O) groups is 1. The van der Waals surface area contributed by atoms with Crippen molar-refractivity contribution in [1.29, 1.82) is 0 Å². The Morgan fingerprint density at radius 2 is 1.86 bits per heavy atom. The van der Waals surface area contributed by atoms with Crippen LogP contribution in [-0.4, -0.2) is 33.7 Å². The zero-order chi connectivity index (χ0) is 20.9. The van der Waals surface area contributed by atoms with E-state index in [1.807, 2.05) is 31.2 Å². The molecule has 6 nitrogen and oxygen atoms in total. The van der Waals surface area contributed by atoms with Crippen molar-refractivity contribution in [3.63, 3.8) is 0 Å². The number of aryl methyl sites for hydroxylation is 1. The Labute approximate surface area is 171 Å². The first-order valence-electron chi connectivity index (χ1n) is 8.83. The third kappa shape index (κ3) is 5.39. The summed E-state index contributed by atoms with van der Waals surface area (Å²) in [5.74, 6) is -0.0739. The molecular formula is C20H25ClN2O4S. The Morgan fingerprint density at radius 1 is 1.21 bits per heavy atom. The number of benzene rings is 2. The van der Waals surface area contributed by atoms with Crippen molar-refractivity contribution in [1.82, 2.24) is 5.32 Å². The summed E-state index contributed by atoms with van der Waals surface area (Å²) in [6.45, 7) is 4.04. The van der Waals surface area contributed by atoms with Crippen LogP contribution >= 0.6 is 11.6 Å². The molecule has 8 heteroatoms. The van der Waals surface area contributed by atoms with Gasteiger partial charge in [-0.3, -0.25) is 9.10 Å². The first-order chi connectivity index (χ1) is 13.2. The highest BCUT2D eigenvalue weighted by Crippen LogP contribution is 2.34. The average molecular weight is 425 g/mol. The summed E-state index contributed by atoms with van der Waals surface area (Å²) in [5, 5.41) is 3.17. The number of amides is 1. The summed E-state index contributed by atoms with van der Waals surface area (Å²) in [6.07, 6.45) is 1.34. The number of rotatable bonds is 8. The molecule has 0 saturated carbocycles. The van der Waals surface area contributed by atoms with E-state index in [-0.39, 0.29) is 12.1 Å². The second kappa shape index (κ2) is 9.30. The summed E-state index contributed by atoms with van der Waals surface area (Å²) in [6, 6.07) is 11.5. The smallest absolute Gasteiger partial charge is 0.244 e. The molecule has 0 aliphatic heterocycles. The Hall–Kier alpha value is -2.25. The van der Waals surface area contributed by atoms with Crippen molar-refractivity contribution < 1.29 is 17.9 Å². The van der Waals surface area contributed by atoms with Gasteiger partial charge in [-0.2, -0.15) is 0 Å². The van der Waals surface area contributed by atoms with Gasteiger partial charge < -0.3 is 10.1 Å². The molecule has 2 aromatic carbocycles. The highest BCUT2D eigenvalue weighted by Gasteiger charge is 2.33. The van der Waals surface area contributed by atoms with Crippen molar-refractivity contribution in [2.45, 2.75) is 32.9 Å². The van der Waals surface area contributed by atoms with Crippen LogP contribution < -0.4 is 14.4 Å².